The minimum atomic E-state index is -0.250. The number of hydrogen-bond acceptors (Lipinski definition) is 3. The first-order chi connectivity index (χ1) is 10.6. The zero-order valence-corrected chi connectivity index (χ0v) is 13.2. The Morgan fingerprint density at radius 2 is 2.09 bits per heavy atom. The van der Waals surface area contributed by atoms with Gasteiger partial charge in [0.2, 0.25) is 0 Å². The van der Waals surface area contributed by atoms with Crippen molar-refractivity contribution in [3.63, 3.8) is 0 Å². The van der Waals surface area contributed by atoms with Crippen molar-refractivity contribution < 1.29 is 4.39 Å². The summed E-state index contributed by atoms with van der Waals surface area (Å²) in [7, 11) is 0. The molecule has 0 saturated heterocycles. The first-order valence-corrected chi connectivity index (χ1v) is 7.32. The van der Waals surface area contributed by atoms with Crippen LogP contribution in [0, 0.1) is 0 Å². The Hall–Kier alpha value is -2.07. The smallest absolute Gasteiger partial charge is 0.192 e. The summed E-state index contributed by atoms with van der Waals surface area (Å²) >= 11 is 5.93. The van der Waals surface area contributed by atoms with E-state index < -0.39 is 0 Å². The molecule has 1 aromatic heterocycles. The van der Waals surface area contributed by atoms with Crippen LogP contribution >= 0.6 is 11.6 Å². The molecule has 1 aromatic carbocycles. The monoisotopic (exact) mass is 318 g/mol. The second-order valence-corrected chi connectivity index (χ2v) is 5.19. The zero-order chi connectivity index (χ0) is 16.1. The number of aromatic nitrogens is 1. The lowest BCUT2D eigenvalue weighted by Gasteiger charge is -1.95. The van der Waals surface area contributed by atoms with Crippen LogP contribution in [0.15, 0.2) is 46.0 Å². The summed E-state index contributed by atoms with van der Waals surface area (Å²) in [4.78, 5) is 21.1. The zero-order valence-electron chi connectivity index (χ0n) is 12.4. The number of halogens is 2. The van der Waals surface area contributed by atoms with Crippen molar-refractivity contribution >= 4 is 28.7 Å². The van der Waals surface area contributed by atoms with E-state index in [1.54, 1.807) is 18.5 Å². The van der Waals surface area contributed by atoms with Gasteiger partial charge in [-0.3, -0.25) is 19.2 Å². The van der Waals surface area contributed by atoms with E-state index in [0.29, 0.717) is 22.3 Å². The van der Waals surface area contributed by atoms with E-state index in [0.717, 1.165) is 16.8 Å². The van der Waals surface area contributed by atoms with Gasteiger partial charge in [-0.25, -0.2) is 0 Å². The topological polar surface area (TPSA) is 42.3 Å². The van der Waals surface area contributed by atoms with Gasteiger partial charge in [0, 0.05) is 34.6 Å². The van der Waals surface area contributed by atoms with E-state index in [9.17, 15) is 9.18 Å². The van der Waals surface area contributed by atoms with E-state index >= 15 is 0 Å². The van der Waals surface area contributed by atoms with E-state index in [4.69, 9.17) is 11.6 Å². The number of nitrogens with zero attached hydrogens (tertiary/aromatic N) is 2. The lowest BCUT2D eigenvalue weighted by atomic mass is 10.1. The molecule has 1 aliphatic heterocycles. The Kier molecular flexibility index (Phi) is 5.39. The molecule has 3 nitrogen and oxygen atoms in total. The molecular weight excluding hydrogens is 303 g/mol. The molecule has 5 heteroatoms. The molecule has 1 aliphatic rings. The maximum Gasteiger partial charge on any atom is 0.192 e. The molecule has 22 heavy (non-hydrogen) atoms. The van der Waals surface area contributed by atoms with Crippen LogP contribution in [0.25, 0.3) is 10.9 Å². The van der Waals surface area contributed by atoms with Gasteiger partial charge >= 0.3 is 0 Å². The normalized spacial score (nSPS) is 12.8. The lowest BCUT2D eigenvalue weighted by molar-refractivity contribution is 0.527. The first kappa shape index (κ1) is 16.3. The van der Waals surface area contributed by atoms with Crippen LogP contribution in [0.3, 0.4) is 0 Å². The van der Waals surface area contributed by atoms with Crippen LogP contribution in [-0.4, -0.2) is 17.9 Å². The third kappa shape index (κ3) is 3.57. The summed E-state index contributed by atoms with van der Waals surface area (Å²) in [5, 5.41) is 1.02. The Bertz CT molecular complexity index is 815. The largest absolute Gasteiger partial charge is 0.289 e. The summed E-state index contributed by atoms with van der Waals surface area (Å²) in [5.74, 6) is 0. The maximum atomic E-state index is 12.6. The molecule has 0 amide bonds. The summed E-state index contributed by atoms with van der Waals surface area (Å²) < 4.78 is 10.3. The van der Waals surface area contributed by atoms with Crippen LogP contribution in [0.4, 0.5) is 4.39 Å². The minimum absolute atomic E-state index is 0.0256. The highest BCUT2D eigenvalue weighted by atomic mass is 35.5. The fraction of sp³-hybridized carbons (Fsp3) is 0.235. The van der Waals surface area contributed by atoms with Gasteiger partial charge in [-0.15, -0.1) is 0 Å². The number of alkyl halides is 1. The van der Waals surface area contributed by atoms with Crippen molar-refractivity contribution in [3.05, 3.63) is 62.5 Å². The highest BCUT2D eigenvalue weighted by Gasteiger charge is 2.10. The summed E-state index contributed by atoms with van der Waals surface area (Å²) in [6.07, 6.45) is 5.81. The van der Waals surface area contributed by atoms with Gasteiger partial charge in [0.05, 0.1) is 17.2 Å². The van der Waals surface area contributed by atoms with Gasteiger partial charge in [-0.1, -0.05) is 23.7 Å². The number of allylic oxidation sites excluding steroid dienone is 2. The van der Waals surface area contributed by atoms with Gasteiger partial charge < -0.3 is 0 Å². The third-order valence-electron chi connectivity index (χ3n) is 3.18. The van der Waals surface area contributed by atoms with E-state index in [1.165, 1.54) is 6.92 Å². The minimum Gasteiger partial charge on any atom is -0.289 e. The van der Waals surface area contributed by atoms with Gasteiger partial charge in [0.1, 0.15) is 0 Å². The molecule has 3 rings (SSSR count). The molecule has 0 N–H and O–H groups in total. The molecular formula is C17H16ClFN2O. The molecule has 0 saturated carbocycles. The van der Waals surface area contributed by atoms with Crippen molar-refractivity contribution in [2.75, 3.05) is 6.67 Å². The van der Waals surface area contributed by atoms with Crippen molar-refractivity contribution in [2.24, 2.45) is 4.99 Å². The summed E-state index contributed by atoms with van der Waals surface area (Å²) in [5.41, 5.74) is 3.12. The molecule has 2 aromatic rings. The van der Waals surface area contributed by atoms with Crippen LogP contribution in [0.1, 0.15) is 25.0 Å². The van der Waals surface area contributed by atoms with Crippen molar-refractivity contribution in [1.29, 1.82) is 0 Å². The highest BCUT2D eigenvalue weighted by Crippen LogP contribution is 2.17. The van der Waals surface area contributed by atoms with Crippen LogP contribution in [-0.2, 0) is 6.42 Å². The van der Waals surface area contributed by atoms with E-state index in [-0.39, 0.29) is 12.1 Å². The van der Waals surface area contributed by atoms with Crippen LogP contribution < -0.4 is 5.43 Å². The molecule has 0 bridgehead atoms. The van der Waals surface area contributed by atoms with Crippen molar-refractivity contribution in [3.8, 4) is 0 Å². The average molecular weight is 319 g/mol. The lowest BCUT2D eigenvalue weighted by Crippen LogP contribution is -2.08. The standard InChI is InChI=1S/C15H11ClN2O.C2H5F/c1-9-2-4-12-10(7-17-9)3-5-14-13(15(12)19)6-11(16)8-18-14;1-2-3/h2-3,5-8H,4H2,1H3;2H2,1H3. The van der Waals surface area contributed by atoms with Crippen LogP contribution in [0.5, 0.6) is 0 Å². The van der Waals surface area contributed by atoms with Gasteiger partial charge in [0.15, 0.2) is 5.43 Å². The molecule has 0 atom stereocenters. The highest BCUT2D eigenvalue weighted by molar-refractivity contribution is 6.31. The van der Waals surface area contributed by atoms with Gasteiger partial charge in [-0.05, 0) is 32.4 Å². The Balaban J connectivity index is 0.000000545. The molecule has 0 spiro atoms. The maximum absolute atomic E-state index is 12.6. The molecule has 0 aliphatic carbocycles. The fourth-order valence-electron chi connectivity index (χ4n) is 2.13. The number of fused-ring (bicyclic) bond motifs is 2. The number of rotatable bonds is 0. The predicted octanol–water partition coefficient (Wildman–Crippen LogP) is 4.10. The quantitative estimate of drug-likeness (QED) is 0.733. The van der Waals surface area contributed by atoms with Crippen LogP contribution in [0.2, 0.25) is 5.02 Å². The molecule has 0 radical (unpaired) electrons. The van der Waals surface area contributed by atoms with Crippen molar-refractivity contribution in [1.82, 2.24) is 4.98 Å². The average Bonchev–Trinajstić information content (AvgIpc) is 2.74. The Morgan fingerprint density at radius 3 is 2.82 bits per heavy atom. The molecule has 114 valence electrons. The second kappa shape index (κ2) is 7.27. The van der Waals surface area contributed by atoms with Gasteiger partial charge in [-0.2, -0.15) is 0 Å². The number of pyridine rings is 1. The molecule has 0 fully saturated rings. The first-order valence-electron chi connectivity index (χ1n) is 6.95. The van der Waals surface area contributed by atoms with E-state index in [1.807, 2.05) is 25.1 Å². The molecule has 0 unspecified atom stereocenters. The Labute approximate surface area is 133 Å². The van der Waals surface area contributed by atoms with Crippen molar-refractivity contribution in [2.45, 2.75) is 20.3 Å². The second-order valence-electron chi connectivity index (χ2n) is 4.76. The molecule has 2 heterocycles. The number of aliphatic imine (C=N–C) groups is 1. The summed E-state index contributed by atoms with van der Waals surface area (Å²) in [6, 6.07) is 5.39. The predicted molar refractivity (Wildman–Crippen MR) is 89.7 cm³/mol. The van der Waals surface area contributed by atoms with E-state index in [2.05, 4.69) is 9.98 Å². The third-order valence-corrected chi connectivity index (χ3v) is 3.39. The SMILES string of the molecule is CC1=CCc2c(ccc3ncc(Cl)cc3c2=O)C=N1.CCF. The summed E-state index contributed by atoms with van der Waals surface area (Å²) in [6.45, 7) is 3.13. The van der Waals surface area contributed by atoms with Gasteiger partial charge in [0.25, 0.3) is 0 Å². The fourth-order valence-corrected chi connectivity index (χ4v) is 2.29. The Morgan fingerprint density at radius 1 is 1.36 bits per heavy atom. The number of hydrogen-bond donors (Lipinski definition) is 0.